The molecule has 1 aliphatic rings. The molecule has 0 radical (unpaired) electrons. The van der Waals surface area contributed by atoms with Crippen molar-refractivity contribution >= 4 is 22.5 Å². The summed E-state index contributed by atoms with van der Waals surface area (Å²) in [6.45, 7) is 5.61. The SMILES string of the molecule is CCCN1CCC(c2[nH]nc3ccc(NC(=O)c4ccccc4C#N)cc23)CC1. The number of aromatic amines is 1. The lowest BCUT2D eigenvalue weighted by Crippen LogP contribution is -2.33. The van der Waals surface area contributed by atoms with Crippen LogP contribution in [-0.2, 0) is 0 Å². The van der Waals surface area contributed by atoms with E-state index in [9.17, 15) is 10.1 Å². The molecule has 3 aromatic rings. The quantitative estimate of drug-likeness (QED) is 0.684. The second kappa shape index (κ2) is 8.46. The minimum atomic E-state index is -0.278. The highest BCUT2D eigenvalue weighted by atomic mass is 16.1. The third-order valence-electron chi connectivity index (χ3n) is 5.67. The topological polar surface area (TPSA) is 84.8 Å². The molecule has 148 valence electrons. The Morgan fingerprint density at radius 1 is 1.28 bits per heavy atom. The number of likely N-dealkylation sites (tertiary alicyclic amines) is 1. The van der Waals surface area contributed by atoms with Gasteiger partial charge in [-0.1, -0.05) is 19.1 Å². The second-order valence-corrected chi connectivity index (χ2v) is 7.60. The number of amides is 1. The van der Waals surface area contributed by atoms with Gasteiger partial charge < -0.3 is 10.2 Å². The number of benzene rings is 2. The van der Waals surface area contributed by atoms with Gasteiger partial charge in [-0.3, -0.25) is 9.89 Å². The molecule has 0 atom stereocenters. The summed E-state index contributed by atoms with van der Waals surface area (Å²) in [5.41, 5.74) is 3.53. The summed E-state index contributed by atoms with van der Waals surface area (Å²) in [4.78, 5) is 15.2. The molecule has 0 aliphatic carbocycles. The molecule has 0 bridgehead atoms. The molecule has 6 nitrogen and oxygen atoms in total. The van der Waals surface area contributed by atoms with Crippen molar-refractivity contribution in [3.63, 3.8) is 0 Å². The fourth-order valence-electron chi connectivity index (χ4n) is 4.16. The molecule has 1 amide bonds. The van der Waals surface area contributed by atoms with Crippen LogP contribution in [0.5, 0.6) is 0 Å². The Hall–Kier alpha value is -3.17. The first-order valence-electron chi connectivity index (χ1n) is 10.2. The monoisotopic (exact) mass is 387 g/mol. The minimum absolute atomic E-state index is 0.278. The van der Waals surface area contributed by atoms with Crippen LogP contribution in [0.1, 0.15) is 53.7 Å². The van der Waals surface area contributed by atoms with Crippen molar-refractivity contribution < 1.29 is 4.79 Å². The van der Waals surface area contributed by atoms with Gasteiger partial charge in [0.2, 0.25) is 0 Å². The lowest BCUT2D eigenvalue weighted by atomic mass is 9.91. The van der Waals surface area contributed by atoms with Crippen LogP contribution in [0.4, 0.5) is 5.69 Å². The van der Waals surface area contributed by atoms with E-state index < -0.39 is 0 Å². The van der Waals surface area contributed by atoms with Crippen molar-refractivity contribution in [2.24, 2.45) is 0 Å². The molecule has 6 heteroatoms. The van der Waals surface area contributed by atoms with E-state index in [0.29, 0.717) is 22.7 Å². The molecule has 0 saturated carbocycles. The maximum absolute atomic E-state index is 12.7. The smallest absolute Gasteiger partial charge is 0.257 e. The van der Waals surface area contributed by atoms with Crippen molar-refractivity contribution in [3.8, 4) is 6.07 Å². The number of carbonyl (C=O) groups excluding carboxylic acids is 1. The number of nitrogens with zero attached hydrogens (tertiary/aromatic N) is 3. The number of anilines is 1. The summed E-state index contributed by atoms with van der Waals surface area (Å²) in [6, 6.07) is 14.7. The van der Waals surface area contributed by atoms with E-state index in [2.05, 4.69) is 33.4 Å². The average Bonchev–Trinajstić information content (AvgIpc) is 3.17. The number of nitriles is 1. The lowest BCUT2D eigenvalue weighted by Gasteiger charge is -2.31. The fraction of sp³-hybridized carbons (Fsp3) is 0.348. The number of nitrogens with one attached hydrogen (secondary N) is 2. The summed E-state index contributed by atoms with van der Waals surface area (Å²) < 4.78 is 0. The molecule has 0 spiro atoms. The highest BCUT2D eigenvalue weighted by molar-refractivity contribution is 6.06. The number of fused-ring (bicyclic) bond motifs is 1. The van der Waals surface area contributed by atoms with E-state index in [-0.39, 0.29) is 5.91 Å². The number of piperidine rings is 1. The molecule has 2 aromatic carbocycles. The molecule has 29 heavy (non-hydrogen) atoms. The van der Waals surface area contributed by atoms with Crippen LogP contribution in [0.15, 0.2) is 42.5 Å². The zero-order valence-corrected chi connectivity index (χ0v) is 16.6. The molecule has 2 N–H and O–H groups in total. The first-order chi connectivity index (χ1) is 14.2. The van der Waals surface area contributed by atoms with Gasteiger partial charge in [0.15, 0.2) is 0 Å². The summed E-state index contributed by atoms with van der Waals surface area (Å²) in [6.07, 6.45) is 3.42. The van der Waals surface area contributed by atoms with E-state index in [0.717, 1.165) is 49.1 Å². The molecule has 0 unspecified atom stereocenters. The highest BCUT2D eigenvalue weighted by Crippen LogP contribution is 2.32. The number of H-pyrrole nitrogens is 1. The average molecular weight is 387 g/mol. The summed E-state index contributed by atoms with van der Waals surface area (Å²) in [5.74, 6) is 0.179. The first-order valence-corrected chi connectivity index (χ1v) is 10.2. The maximum Gasteiger partial charge on any atom is 0.257 e. The predicted octanol–water partition coefficient (Wildman–Crippen LogP) is 4.28. The number of rotatable bonds is 5. The summed E-state index contributed by atoms with van der Waals surface area (Å²) in [7, 11) is 0. The van der Waals surface area contributed by atoms with Gasteiger partial charge in [0.25, 0.3) is 5.91 Å². The van der Waals surface area contributed by atoms with Gasteiger partial charge >= 0.3 is 0 Å². The second-order valence-electron chi connectivity index (χ2n) is 7.60. The Morgan fingerprint density at radius 3 is 2.83 bits per heavy atom. The largest absolute Gasteiger partial charge is 0.322 e. The molecule has 1 fully saturated rings. The van der Waals surface area contributed by atoms with Gasteiger partial charge in [0.05, 0.1) is 22.7 Å². The maximum atomic E-state index is 12.7. The zero-order valence-electron chi connectivity index (χ0n) is 16.6. The van der Waals surface area contributed by atoms with Crippen molar-refractivity contribution in [2.75, 3.05) is 25.0 Å². The third kappa shape index (κ3) is 4.01. The van der Waals surface area contributed by atoms with E-state index in [1.165, 1.54) is 6.42 Å². The van der Waals surface area contributed by atoms with Gasteiger partial charge in [-0.2, -0.15) is 10.4 Å². The Kier molecular flexibility index (Phi) is 5.59. The standard InChI is InChI=1S/C23H25N5O/c1-2-11-28-12-9-16(10-13-28)22-20-14-18(7-8-21(20)26-27-22)25-23(29)19-6-4-3-5-17(19)15-24/h3-8,14,16H,2,9-13H2,1H3,(H,25,29)(H,26,27). The number of aromatic nitrogens is 2. The van der Waals surface area contributed by atoms with E-state index in [4.69, 9.17) is 0 Å². The zero-order chi connectivity index (χ0) is 20.2. The lowest BCUT2D eigenvalue weighted by molar-refractivity contribution is 0.102. The highest BCUT2D eigenvalue weighted by Gasteiger charge is 2.23. The van der Waals surface area contributed by atoms with Gasteiger partial charge in [-0.05, 0) is 69.2 Å². The summed E-state index contributed by atoms with van der Waals surface area (Å²) >= 11 is 0. The fourth-order valence-corrected chi connectivity index (χ4v) is 4.16. The van der Waals surface area contributed by atoms with Gasteiger partial charge in [0, 0.05) is 22.7 Å². The van der Waals surface area contributed by atoms with Crippen LogP contribution in [0.3, 0.4) is 0 Å². The molecule has 2 heterocycles. The predicted molar refractivity (Wildman–Crippen MR) is 114 cm³/mol. The van der Waals surface area contributed by atoms with Crippen molar-refractivity contribution in [3.05, 3.63) is 59.3 Å². The Morgan fingerprint density at radius 2 is 2.07 bits per heavy atom. The van der Waals surface area contributed by atoms with Crippen molar-refractivity contribution in [2.45, 2.75) is 32.1 Å². The number of hydrogen-bond donors (Lipinski definition) is 2. The van der Waals surface area contributed by atoms with Crippen LogP contribution in [0.25, 0.3) is 10.9 Å². The molecule has 4 rings (SSSR count). The van der Waals surface area contributed by atoms with E-state index in [1.54, 1.807) is 24.3 Å². The Bertz CT molecular complexity index is 1060. The van der Waals surface area contributed by atoms with E-state index in [1.807, 2.05) is 18.2 Å². The van der Waals surface area contributed by atoms with Gasteiger partial charge in [0.1, 0.15) is 0 Å². The van der Waals surface area contributed by atoms with E-state index >= 15 is 0 Å². The molecule has 1 aromatic heterocycles. The first kappa shape index (κ1) is 19.2. The Balaban J connectivity index is 1.55. The molecule has 1 aliphatic heterocycles. The normalized spacial score (nSPS) is 15.3. The van der Waals surface area contributed by atoms with Crippen LogP contribution in [-0.4, -0.2) is 40.6 Å². The van der Waals surface area contributed by atoms with Crippen molar-refractivity contribution in [1.82, 2.24) is 15.1 Å². The minimum Gasteiger partial charge on any atom is -0.322 e. The van der Waals surface area contributed by atoms with Crippen LogP contribution in [0.2, 0.25) is 0 Å². The van der Waals surface area contributed by atoms with Crippen LogP contribution < -0.4 is 5.32 Å². The Labute approximate surface area is 170 Å². The molecular formula is C23H25N5O. The van der Waals surface area contributed by atoms with Crippen LogP contribution >= 0.6 is 0 Å². The number of hydrogen-bond acceptors (Lipinski definition) is 4. The molecular weight excluding hydrogens is 362 g/mol. The molecule has 1 saturated heterocycles. The van der Waals surface area contributed by atoms with Crippen molar-refractivity contribution in [1.29, 1.82) is 5.26 Å². The summed E-state index contributed by atoms with van der Waals surface area (Å²) in [5, 5.41) is 20.9. The van der Waals surface area contributed by atoms with Gasteiger partial charge in [-0.25, -0.2) is 0 Å². The van der Waals surface area contributed by atoms with Crippen LogP contribution in [0, 0.1) is 11.3 Å². The van der Waals surface area contributed by atoms with Gasteiger partial charge in [-0.15, -0.1) is 0 Å². The third-order valence-corrected chi connectivity index (χ3v) is 5.67. The number of carbonyl (C=O) groups is 1.